The molecule has 8 heteroatoms. The van der Waals surface area contributed by atoms with Crippen molar-refractivity contribution in [1.29, 1.82) is 5.26 Å². The Morgan fingerprint density at radius 1 is 1.42 bits per heavy atom. The van der Waals surface area contributed by atoms with E-state index in [2.05, 4.69) is 0 Å². The van der Waals surface area contributed by atoms with Crippen molar-refractivity contribution in [2.45, 2.75) is 39.3 Å². The lowest BCUT2D eigenvalue weighted by atomic mass is 10.2. The molecule has 6 nitrogen and oxygen atoms in total. The number of benzene rings is 1. The molecule has 2 amide bonds. The highest BCUT2D eigenvalue weighted by Gasteiger charge is 2.45. The summed E-state index contributed by atoms with van der Waals surface area (Å²) in [6.45, 7) is 6.77. The maximum Gasteiger partial charge on any atom is 0.417 e. The molecule has 1 unspecified atom stereocenters. The molecule has 0 aromatic heterocycles. The summed E-state index contributed by atoms with van der Waals surface area (Å²) in [4.78, 5) is 27.2. The van der Waals surface area contributed by atoms with Crippen LogP contribution in [0.5, 0.6) is 0 Å². The standard InChI is InChI=1S/C16H16ClN3O3S/c1-9-13(21)20(11-6-5-10(8-18)12(17)7-11)14(24)19(9)15(22)23-16(2,3)4/h5-7,9H,1-4H3. The van der Waals surface area contributed by atoms with Gasteiger partial charge < -0.3 is 4.74 Å². The third kappa shape index (κ3) is 3.35. The molecule has 1 heterocycles. The molecule has 0 aliphatic carbocycles. The first-order chi connectivity index (χ1) is 11.1. The van der Waals surface area contributed by atoms with Crippen LogP contribution in [0.4, 0.5) is 10.5 Å². The molecule has 0 radical (unpaired) electrons. The predicted molar refractivity (Wildman–Crippen MR) is 93.8 cm³/mol. The number of carbonyl (C=O) groups excluding carboxylic acids is 2. The van der Waals surface area contributed by atoms with Gasteiger partial charge in [-0.15, -0.1) is 0 Å². The topological polar surface area (TPSA) is 73.6 Å². The van der Waals surface area contributed by atoms with Gasteiger partial charge in [0.25, 0.3) is 5.91 Å². The zero-order valence-corrected chi connectivity index (χ0v) is 15.2. The summed E-state index contributed by atoms with van der Waals surface area (Å²) in [7, 11) is 0. The Bertz CT molecular complexity index is 767. The second-order valence-electron chi connectivity index (χ2n) is 6.26. The number of carbonyl (C=O) groups is 2. The van der Waals surface area contributed by atoms with Crippen molar-refractivity contribution in [3.63, 3.8) is 0 Å². The number of halogens is 1. The van der Waals surface area contributed by atoms with Crippen LogP contribution in [0.1, 0.15) is 33.3 Å². The van der Waals surface area contributed by atoms with Gasteiger partial charge in [0, 0.05) is 0 Å². The van der Waals surface area contributed by atoms with Crippen LogP contribution in [0.2, 0.25) is 5.02 Å². The molecule has 0 spiro atoms. The number of thiocarbonyl (C=S) groups is 1. The van der Waals surface area contributed by atoms with E-state index in [9.17, 15) is 9.59 Å². The van der Waals surface area contributed by atoms with Crippen LogP contribution >= 0.6 is 23.8 Å². The molecule has 2 rings (SSSR count). The third-order valence-electron chi connectivity index (χ3n) is 3.28. The minimum atomic E-state index is -0.790. The maximum atomic E-state index is 12.5. The molecule has 0 bridgehead atoms. The fourth-order valence-corrected chi connectivity index (χ4v) is 2.83. The Kier molecular flexibility index (Phi) is 4.83. The second-order valence-corrected chi connectivity index (χ2v) is 7.03. The summed E-state index contributed by atoms with van der Waals surface area (Å²) >= 11 is 11.3. The van der Waals surface area contributed by atoms with Gasteiger partial charge in [-0.1, -0.05) is 11.6 Å². The van der Waals surface area contributed by atoms with Crippen LogP contribution in [-0.2, 0) is 9.53 Å². The molecule has 0 saturated carbocycles. The molecular formula is C16H16ClN3O3S. The highest BCUT2D eigenvalue weighted by molar-refractivity contribution is 7.80. The van der Waals surface area contributed by atoms with Gasteiger partial charge in [0.15, 0.2) is 5.11 Å². The largest absolute Gasteiger partial charge is 0.443 e. The van der Waals surface area contributed by atoms with Gasteiger partial charge in [0.05, 0.1) is 16.3 Å². The lowest BCUT2D eigenvalue weighted by Crippen LogP contribution is -2.42. The Morgan fingerprint density at radius 3 is 2.54 bits per heavy atom. The predicted octanol–water partition coefficient (Wildman–Crippen LogP) is 3.47. The lowest BCUT2D eigenvalue weighted by Gasteiger charge is -2.25. The van der Waals surface area contributed by atoms with Crippen molar-refractivity contribution < 1.29 is 14.3 Å². The molecule has 1 aliphatic heterocycles. The Labute approximate surface area is 150 Å². The van der Waals surface area contributed by atoms with Crippen LogP contribution in [0.25, 0.3) is 0 Å². The first-order valence-corrected chi connectivity index (χ1v) is 7.95. The minimum Gasteiger partial charge on any atom is -0.443 e. The van der Waals surface area contributed by atoms with Crippen LogP contribution in [-0.4, -0.2) is 33.7 Å². The average molecular weight is 366 g/mol. The monoisotopic (exact) mass is 365 g/mol. The number of anilines is 1. The minimum absolute atomic E-state index is 0.0162. The highest BCUT2D eigenvalue weighted by atomic mass is 35.5. The van der Waals surface area contributed by atoms with E-state index in [4.69, 9.17) is 33.8 Å². The van der Waals surface area contributed by atoms with E-state index in [1.165, 1.54) is 17.0 Å². The van der Waals surface area contributed by atoms with Crippen molar-refractivity contribution in [2.75, 3.05) is 4.90 Å². The third-order valence-corrected chi connectivity index (χ3v) is 3.98. The Balaban J connectivity index is 2.36. The zero-order chi connectivity index (χ0) is 18.2. The van der Waals surface area contributed by atoms with Gasteiger partial charge in [0.1, 0.15) is 17.7 Å². The summed E-state index contributed by atoms with van der Waals surface area (Å²) < 4.78 is 5.31. The van der Waals surface area contributed by atoms with E-state index in [1.807, 2.05) is 6.07 Å². The quantitative estimate of drug-likeness (QED) is 0.712. The molecule has 1 saturated heterocycles. The van der Waals surface area contributed by atoms with Crippen molar-refractivity contribution >= 4 is 46.6 Å². The summed E-state index contributed by atoms with van der Waals surface area (Å²) in [6.07, 6.45) is -0.685. The number of hydrogen-bond donors (Lipinski definition) is 0. The fraction of sp³-hybridized carbons (Fsp3) is 0.375. The van der Waals surface area contributed by atoms with E-state index in [0.29, 0.717) is 5.69 Å². The number of amides is 2. The van der Waals surface area contributed by atoms with Crippen LogP contribution in [0, 0.1) is 11.3 Å². The molecule has 1 aliphatic rings. The SMILES string of the molecule is CC1C(=O)N(c2ccc(C#N)c(Cl)c2)C(=S)N1C(=O)OC(C)(C)C. The molecule has 1 aromatic rings. The van der Waals surface area contributed by atoms with E-state index in [1.54, 1.807) is 33.8 Å². The smallest absolute Gasteiger partial charge is 0.417 e. The fourth-order valence-electron chi connectivity index (χ4n) is 2.18. The molecule has 1 aromatic carbocycles. The number of hydrogen-bond acceptors (Lipinski definition) is 5. The van der Waals surface area contributed by atoms with Gasteiger partial charge in [-0.2, -0.15) is 5.26 Å². The van der Waals surface area contributed by atoms with Crippen molar-refractivity contribution in [1.82, 2.24) is 4.90 Å². The zero-order valence-electron chi connectivity index (χ0n) is 13.7. The normalized spacial score (nSPS) is 17.9. The first kappa shape index (κ1) is 18.2. The molecule has 1 fully saturated rings. The van der Waals surface area contributed by atoms with Gasteiger partial charge in [0.2, 0.25) is 0 Å². The van der Waals surface area contributed by atoms with Crippen LogP contribution < -0.4 is 4.90 Å². The molecule has 1 atom stereocenters. The molecular weight excluding hydrogens is 350 g/mol. The first-order valence-electron chi connectivity index (χ1n) is 7.16. The van der Waals surface area contributed by atoms with Crippen LogP contribution in [0.15, 0.2) is 18.2 Å². The van der Waals surface area contributed by atoms with Crippen molar-refractivity contribution in [3.8, 4) is 6.07 Å². The van der Waals surface area contributed by atoms with Gasteiger partial charge in [-0.05, 0) is 58.1 Å². The van der Waals surface area contributed by atoms with Gasteiger partial charge in [-0.25, -0.2) is 9.69 Å². The Morgan fingerprint density at radius 2 is 2.04 bits per heavy atom. The number of nitrogens with zero attached hydrogens (tertiary/aromatic N) is 3. The number of ether oxygens (including phenoxy) is 1. The summed E-state index contributed by atoms with van der Waals surface area (Å²) in [6, 6.07) is 5.67. The summed E-state index contributed by atoms with van der Waals surface area (Å²) in [5, 5.41) is 9.15. The van der Waals surface area contributed by atoms with E-state index in [-0.39, 0.29) is 21.6 Å². The maximum absolute atomic E-state index is 12.5. The van der Waals surface area contributed by atoms with Gasteiger partial charge >= 0.3 is 6.09 Å². The molecule has 0 N–H and O–H groups in total. The average Bonchev–Trinajstić information content (AvgIpc) is 2.67. The highest BCUT2D eigenvalue weighted by Crippen LogP contribution is 2.30. The summed E-state index contributed by atoms with van der Waals surface area (Å²) in [5.41, 5.74) is -0.0254. The van der Waals surface area contributed by atoms with E-state index in [0.717, 1.165) is 4.90 Å². The van der Waals surface area contributed by atoms with Crippen LogP contribution in [0.3, 0.4) is 0 Å². The van der Waals surface area contributed by atoms with E-state index < -0.39 is 17.7 Å². The number of nitriles is 1. The van der Waals surface area contributed by atoms with Gasteiger partial charge in [-0.3, -0.25) is 9.69 Å². The number of rotatable bonds is 1. The van der Waals surface area contributed by atoms with Crippen molar-refractivity contribution in [3.05, 3.63) is 28.8 Å². The Hall–Kier alpha value is -2.17. The van der Waals surface area contributed by atoms with Crippen molar-refractivity contribution in [2.24, 2.45) is 0 Å². The second kappa shape index (κ2) is 6.38. The molecule has 126 valence electrons. The lowest BCUT2D eigenvalue weighted by molar-refractivity contribution is -0.119. The summed E-state index contributed by atoms with van der Waals surface area (Å²) in [5.74, 6) is -0.369. The molecule has 24 heavy (non-hydrogen) atoms. The van der Waals surface area contributed by atoms with E-state index >= 15 is 0 Å².